The third kappa shape index (κ3) is 4.19. The van der Waals surface area contributed by atoms with Crippen molar-refractivity contribution < 1.29 is 9.90 Å². The maximum atomic E-state index is 12.0. The van der Waals surface area contributed by atoms with Crippen LogP contribution in [0.2, 0.25) is 0 Å². The van der Waals surface area contributed by atoms with Crippen molar-refractivity contribution in [3.63, 3.8) is 0 Å². The number of aliphatic carboxylic acids is 1. The fraction of sp³-hybridized carbons (Fsp3) is 0.941. The number of nitrogens with zero attached hydrogens (tertiary/aromatic N) is 1. The van der Waals surface area contributed by atoms with Gasteiger partial charge in [0, 0.05) is 12.6 Å². The van der Waals surface area contributed by atoms with Gasteiger partial charge in [-0.25, -0.2) is 0 Å². The lowest BCUT2D eigenvalue weighted by Crippen LogP contribution is -2.63. The molecule has 0 spiro atoms. The van der Waals surface area contributed by atoms with Crippen LogP contribution in [-0.4, -0.2) is 47.2 Å². The third-order valence-corrected chi connectivity index (χ3v) is 5.08. The standard InChI is InChI=1S/C17H32N2O2/c1-4-5-14-8-10-19(11-9-14)12-17(16(20)21,15-6-7-15)18-13(2)3/h13-15,18H,4-12H2,1-3H3,(H,20,21). The molecule has 0 aromatic rings. The Morgan fingerprint density at radius 1 is 1.29 bits per heavy atom. The van der Waals surface area contributed by atoms with Gasteiger partial charge < -0.3 is 10.0 Å². The molecule has 122 valence electrons. The Hall–Kier alpha value is -0.610. The molecule has 4 nitrogen and oxygen atoms in total. The first kappa shape index (κ1) is 16.8. The maximum Gasteiger partial charge on any atom is 0.325 e. The van der Waals surface area contributed by atoms with Gasteiger partial charge in [0.25, 0.3) is 0 Å². The van der Waals surface area contributed by atoms with E-state index in [1.807, 2.05) is 13.8 Å². The Labute approximate surface area is 129 Å². The lowest BCUT2D eigenvalue weighted by atomic mass is 9.88. The fourth-order valence-electron chi connectivity index (χ4n) is 3.88. The molecule has 0 radical (unpaired) electrons. The van der Waals surface area contributed by atoms with Gasteiger partial charge in [0.2, 0.25) is 0 Å². The van der Waals surface area contributed by atoms with E-state index in [2.05, 4.69) is 17.1 Å². The van der Waals surface area contributed by atoms with Crippen molar-refractivity contribution >= 4 is 5.97 Å². The smallest absolute Gasteiger partial charge is 0.325 e. The van der Waals surface area contributed by atoms with Gasteiger partial charge in [0.15, 0.2) is 0 Å². The van der Waals surface area contributed by atoms with E-state index in [-0.39, 0.29) is 6.04 Å². The SMILES string of the molecule is CCCC1CCN(CC(NC(C)C)(C(=O)O)C2CC2)CC1. The molecule has 1 saturated carbocycles. The van der Waals surface area contributed by atoms with Crippen LogP contribution in [0, 0.1) is 11.8 Å². The minimum Gasteiger partial charge on any atom is -0.480 e. The van der Waals surface area contributed by atoms with Gasteiger partial charge in [-0.05, 0) is 64.5 Å². The number of likely N-dealkylation sites (tertiary alicyclic amines) is 1. The molecule has 21 heavy (non-hydrogen) atoms. The summed E-state index contributed by atoms with van der Waals surface area (Å²) in [5.74, 6) is 0.504. The summed E-state index contributed by atoms with van der Waals surface area (Å²) in [6, 6.07) is 0.208. The first-order valence-corrected chi connectivity index (χ1v) is 8.71. The van der Waals surface area contributed by atoms with Gasteiger partial charge >= 0.3 is 5.97 Å². The van der Waals surface area contributed by atoms with Crippen LogP contribution in [0.1, 0.15) is 59.3 Å². The van der Waals surface area contributed by atoms with Gasteiger partial charge in [-0.2, -0.15) is 0 Å². The van der Waals surface area contributed by atoms with Crippen LogP contribution in [-0.2, 0) is 4.79 Å². The third-order valence-electron chi connectivity index (χ3n) is 5.08. The van der Waals surface area contributed by atoms with E-state index in [9.17, 15) is 9.90 Å². The van der Waals surface area contributed by atoms with Crippen molar-refractivity contribution in [2.75, 3.05) is 19.6 Å². The Morgan fingerprint density at radius 2 is 1.90 bits per heavy atom. The summed E-state index contributed by atoms with van der Waals surface area (Å²) in [4.78, 5) is 14.4. The first-order chi connectivity index (χ1) is 9.98. The molecule has 1 saturated heterocycles. The van der Waals surface area contributed by atoms with E-state index < -0.39 is 11.5 Å². The number of piperidine rings is 1. The molecule has 0 amide bonds. The molecule has 0 aromatic heterocycles. The van der Waals surface area contributed by atoms with Crippen molar-refractivity contribution in [3.05, 3.63) is 0 Å². The molecule has 1 aliphatic heterocycles. The Bertz CT molecular complexity index is 347. The summed E-state index contributed by atoms with van der Waals surface area (Å²) in [6.45, 7) is 9.14. The van der Waals surface area contributed by atoms with Crippen LogP contribution in [0.4, 0.5) is 0 Å². The van der Waals surface area contributed by atoms with E-state index in [1.54, 1.807) is 0 Å². The number of carboxylic acids is 1. The number of carbonyl (C=O) groups is 1. The normalized spacial score (nSPS) is 24.2. The monoisotopic (exact) mass is 296 g/mol. The number of carboxylic acid groups (broad SMARTS) is 1. The first-order valence-electron chi connectivity index (χ1n) is 8.71. The van der Waals surface area contributed by atoms with E-state index in [0.717, 1.165) is 31.8 Å². The summed E-state index contributed by atoms with van der Waals surface area (Å²) in [7, 11) is 0. The van der Waals surface area contributed by atoms with Gasteiger partial charge in [0.1, 0.15) is 5.54 Å². The molecule has 2 aliphatic rings. The summed E-state index contributed by atoms with van der Waals surface area (Å²) in [5, 5.41) is 13.3. The maximum absolute atomic E-state index is 12.0. The zero-order valence-electron chi connectivity index (χ0n) is 13.9. The predicted octanol–water partition coefficient (Wildman–Crippen LogP) is 2.73. The molecule has 2 N–H and O–H groups in total. The van der Waals surface area contributed by atoms with Crippen molar-refractivity contribution in [2.45, 2.75) is 70.9 Å². The van der Waals surface area contributed by atoms with E-state index in [4.69, 9.17) is 0 Å². The van der Waals surface area contributed by atoms with Crippen molar-refractivity contribution in [3.8, 4) is 0 Å². The minimum atomic E-state index is -0.730. The average molecular weight is 296 g/mol. The van der Waals surface area contributed by atoms with Crippen molar-refractivity contribution in [1.82, 2.24) is 10.2 Å². The van der Waals surface area contributed by atoms with Crippen LogP contribution in [0.3, 0.4) is 0 Å². The highest BCUT2D eigenvalue weighted by atomic mass is 16.4. The van der Waals surface area contributed by atoms with Crippen LogP contribution < -0.4 is 5.32 Å². The summed E-state index contributed by atoms with van der Waals surface area (Å²) in [6.07, 6.45) is 7.16. The Balaban J connectivity index is 1.97. The number of rotatable bonds is 8. The highest BCUT2D eigenvalue weighted by Gasteiger charge is 2.52. The van der Waals surface area contributed by atoms with Gasteiger partial charge in [-0.15, -0.1) is 0 Å². The molecule has 1 aliphatic carbocycles. The second kappa shape index (κ2) is 7.10. The molecule has 0 aromatic carbocycles. The van der Waals surface area contributed by atoms with Gasteiger partial charge in [-0.3, -0.25) is 10.1 Å². The average Bonchev–Trinajstić information content (AvgIpc) is 3.24. The molecular weight excluding hydrogens is 264 g/mol. The number of nitrogens with one attached hydrogen (secondary N) is 1. The minimum absolute atomic E-state index is 0.208. The molecule has 0 bridgehead atoms. The molecule has 1 unspecified atom stereocenters. The van der Waals surface area contributed by atoms with Crippen LogP contribution in [0.5, 0.6) is 0 Å². The second-order valence-corrected chi connectivity index (χ2v) is 7.36. The van der Waals surface area contributed by atoms with Crippen LogP contribution >= 0.6 is 0 Å². The van der Waals surface area contributed by atoms with Crippen molar-refractivity contribution in [2.24, 2.45) is 11.8 Å². The Kier molecular flexibility index (Phi) is 5.67. The molecule has 1 heterocycles. The highest BCUT2D eigenvalue weighted by molar-refractivity contribution is 5.80. The topological polar surface area (TPSA) is 52.6 Å². The number of hydrogen-bond acceptors (Lipinski definition) is 3. The molecule has 2 fully saturated rings. The lowest BCUT2D eigenvalue weighted by Gasteiger charge is -2.40. The van der Waals surface area contributed by atoms with E-state index in [1.165, 1.54) is 25.7 Å². The molecular formula is C17H32N2O2. The summed E-state index contributed by atoms with van der Waals surface area (Å²) in [5.41, 5.74) is -0.730. The predicted molar refractivity (Wildman–Crippen MR) is 85.4 cm³/mol. The van der Waals surface area contributed by atoms with Gasteiger partial charge in [-0.1, -0.05) is 19.8 Å². The second-order valence-electron chi connectivity index (χ2n) is 7.36. The largest absolute Gasteiger partial charge is 0.480 e. The van der Waals surface area contributed by atoms with Gasteiger partial charge in [0.05, 0.1) is 0 Å². The highest BCUT2D eigenvalue weighted by Crippen LogP contribution is 2.41. The van der Waals surface area contributed by atoms with Crippen LogP contribution in [0.15, 0.2) is 0 Å². The van der Waals surface area contributed by atoms with E-state index in [0.29, 0.717) is 12.5 Å². The Morgan fingerprint density at radius 3 is 2.33 bits per heavy atom. The zero-order chi connectivity index (χ0) is 15.5. The fourth-order valence-corrected chi connectivity index (χ4v) is 3.88. The zero-order valence-corrected chi connectivity index (χ0v) is 13.9. The molecule has 1 atom stereocenters. The number of hydrogen-bond donors (Lipinski definition) is 2. The van der Waals surface area contributed by atoms with Crippen LogP contribution in [0.25, 0.3) is 0 Å². The van der Waals surface area contributed by atoms with E-state index >= 15 is 0 Å². The molecule has 2 rings (SSSR count). The lowest BCUT2D eigenvalue weighted by molar-refractivity contribution is -0.147. The van der Waals surface area contributed by atoms with Crippen molar-refractivity contribution in [1.29, 1.82) is 0 Å². The quantitative estimate of drug-likeness (QED) is 0.723. The summed E-state index contributed by atoms with van der Waals surface area (Å²) >= 11 is 0. The molecule has 4 heteroatoms. The summed E-state index contributed by atoms with van der Waals surface area (Å²) < 4.78 is 0.